The maximum Gasteiger partial charge on any atom is 0.254 e. The van der Waals surface area contributed by atoms with Crippen LogP contribution in [0.3, 0.4) is 0 Å². The Balaban J connectivity index is 1.49. The van der Waals surface area contributed by atoms with Gasteiger partial charge in [0.2, 0.25) is 0 Å². The highest BCUT2D eigenvalue weighted by Gasteiger charge is 2.33. The number of hydrogen-bond acceptors (Lipinski definition) is 2. The van der Waals surface area contributed by atoms with Crippen LogP contribution >= 0.6 is 0 Å². The van der Waals surface area contributed by atoms with E-state index in [1.807, 2.05) is 29.2 Å². The molecule has 3 aliphatic rings. The van der Waals surface area contributed by atoms with Gasteiger partial charge in [0.25, 0.3) is 11.8 Å². The van der Waals surface area contributed by atoms with E-state index >= 15 is 0 Å². The molecule has 1 aliphatic heterocycles. The Bertz CT molecular complexity index is 676. The Kier molecular flexibility index (Phi) is 7.46. The molecule has 1 saturated heterocycles. The van der Waals surface area contributed by atoms with Crippen molar-refractivity contribution in [2.75, 3.05) is 13.1 Å². The minimum Gasteiger partial charge on any atom is -0.339 e. The van der Waals surface area contributed by atoms with Crippen molar-refractivity contribution in [3.63, 3.8) is 0 Å². The van der Waals surface area contributed by atoms with E-state index in [1.165, 1.54) is 51.4 Å². The summed E-state index contributed by atoms with van der Waals surface area (Å²) in [6.45, 7) is 1.72. The van der Waals surface area contributed by atoms with Gasteiger partial charge in [-0.25, -0.2) is 0 Å². The van der Waals surface area contributed by atoms with Gasteiger partial charge in [-0.15, -0.1) is 0 Å². The number of carbonyl (C=O) groups is 2. The average Bonchev–Trinajstić information content (AvgIpc) is 3.10. The molecule has 2 amide bonds. The highest BCUT2D eigenvalue weighted by Crippen LogP contribution is 2.31. The predicted octanol–water partition coefficient (Wildman–Crippen LogP) is 5.81. The number of benzene rings is 1. The second-order valence-corrected chi connectivity index (χ2v) is 9.58. The van der Waals surface area contributed by atoms with E-state index in [0.717, 1.165) is 62.7 Å². The van der Waals surface area contributed by atoms with Crippen LogP contribution < -0.4 is 0 Å². The molecular weight excluding hydrogens is 372 g/mol. The first-order valence-electron chi connectivity index (χ1n) is 12.5. The van der Waals surface area contributed by atoms with Crippen LogP contribution in [0.1, 0.15) is 111 Å². The molecule has 0 spiro atoms. The Morgan fingerprint density at radius 2 is 1.07 bits per heavy atom. The summed E-state index contributed by atoms with van der Waals surface area (Å²) in [5.41, 5.74) is 1.47. The summed E-state index contributed by atoms with van der Waals surface area (Å²) in [6, 6.07) is 8.33. The number of likely N-dealkylation sites (tertiary alicyclic amines) is 1. The molecule has 0 N–H and O–H groups in total. The third-order valence-electron chi connectivity index (χ3n) is 7.44. The van der Waals surface area contributed by atoms with Crippen molar-refractivity contribution in [3.05, 3.63) is 35.4 Å². The van der Waals surface area contributed by atoms with Crippen molar-refractivity contribution in [1.29, 1.82) is 0 Å². The van der Waals surface area contributed by atoms with Gasteiger partial charge in [0, 0.05) is 36.3 Å². The SMILES string of the molecule is O=C(c1ccc(C(=O)N(C2CCCCC2)C2CCCCC2)cc1)N1CCCCCC1. The van der Waals surface area contributed by atoms with Gasteiger partial charge in [-0.05, 0) is 62.8 Å². The predicted molar refractivity (Wildman–Crippen MR) is 121 cm³/mol. The molecule has 0 unspecified atom stereocenters. The monoisotopic (exact) mass is 410 g/mol. The number of carbonyl (C=O) groups excluding carboxylic acids is 2. The topological polar surface area (TPSA) is 40.6 Å². The molecule has 1 aromatic carbocycles. The summed E-state index contributed by atoms with van der Waals surface area (Å²) in [6.07, 6.45) is 16.8. The van der Waals surface area contributed by atoms with Crippen LogP contribution in [0.4, 0.5) is 0 Å². The molecule has 2 saturated carbocycles. The molecule has 164 valence electrons. The zero-order chi connectivity index (χ0) is 20.8. The second-order valence-electron chi connectivity index (χ2n) is 9.58. The fourth-order valence-corrected chi connectivity index (χ4v) is 5.71. The van der Waals surface area contributed by atoms with Crippen molar-refractivity contribution in [1.82, 2.24) is 9.80 Å². The summed E-state index contributed by atoms with van der Waals surface area (Å²) in [7, 11) is 0. The van der Waals surface area contributed by atoms with Crippen LogP contribution in [0, 0.1) is 0 Å². The standard InChI is InChI=1S/C26H38N2O2/c29-25(27-19-9-1-2-10-20-27)21-15-17-22(18-16-21)26(30)28(23-11-5-3-6-12-23)24-13-7-4-8-14-24/h15-18,23-24H,1-14,19-20H2. The van der Waals surface area contributed by atoms with Crippen molar-refractivity contribution < 1.29 is 9.59 Å². The summed E-state index contributed by atoms with van der Waals surface area (Å²) in [5.74, 6) is 0.301. The zero-order valence-corrected chi connectivity index (χ0v) is 18.5. The van der Waals surface area contributed by atoms with Gasteiger partial charge in [0.1, 0.15) is 0 Å². The lowest BCUT2D eigenvalue weighted by atomic mass is 9.88. The first kappa shape index (κ1) is 21.4. The van der Waals surface area contributed by atoms with Crippen LogP contribution in [-0.4, -0.2) is 46.8 Å². The molecule has 1 aromatic rings. The van der Waals surface area contributed by atoms with E-state index in [-0.39, 0.29) is 11.8 Å². The Morgan fingerprint density at radius 3 is 1.57 bits per heavy atom. The largest absolute Gasteiger partial charge is 0.339 e. The molecule has 2 aliphatic carbocycles. The minimum absolute atomic E-state index is 0.118. The minimum atomic E-state index is 0.118. The highest BCUT2D eigenvalue weighted by atomic mass is 16.2. The molecule has 3 fully saturated rings. The quantitative estimate of drug-likeness (QED) is 0.628. The van der Waals surface area contributed by atoms with Crippen molar-refractivity contribution in [3.8, 4) is 0 Å². The fraction of sp³-hybridized carbons (Fsp3) is 0.692. The van der Waals surface area contributed by atoms with Crippen LogP contribution in [0.5, 0.6) is 0 Å². The van der Waals surface area contributed by atoms with Crippen molar-refractivity contribution >= 4 is 11.8 Å². The van der Waals surface area contributed by atoms with E-state index in [2.05, 4.69) is 4.90 Å². The second kappa shape index (κ2) is 10.5. The Morgan fingerprint density at radius 1 is 0.633 bits per heavy atom. The maximum absolute atomic E-state index is 13.6. The zero-order valence-electron chi connectivity index (χ0n) is 18.5. The first-order valence-corrected chi connectivity index (χ1v) is 12.5. The van der Waals surface area contributed by atoms with Gasteiger partial charge in [-0.3, -0.25) is 9.59 Å². The van der Waals surface area contributed by atoms with Gasteiger partial charge in [0.15, 0.2) is 0 Å². The van der Waals surface area contributed by atoms with Gasteiger partial charge in [0.05, 0.1) is 0 Å². The van der Waals surface area contributed by atoms with E-state index in [9.17, 15) is 9.59 Å². The molecule has 0 bridgehead atoms. The summed E-state index contributed by atoms with van der Waals surface area (Å²) < 4.78 is 0. The highest BCUT2D eigenvalue weighted by molar-refractivity contribution is 5.98. The summed E-state index contributed by atoms with van der Waals surface area (Å²) in [4.78, 5) is 30.7. The van der Waals surface area contributed by atoms with Gasteiger partial charge in [-0.2, -0.15) is 0 Å². The number of amides is 2. The van der Waals surface area contributed by atoms with Crippen LogP contribution in [0.25, 0.3) is 0 Å². The van der Waals surface area contributed by atoms with Gasteiger partial charge < -0.3 is 9.80 Å². The van der Waals surface area contributed by atoms with E-state index < -0.39 is 0 Å². The Labute approximate surface area is 182 Å². The molecule has 0 atom stereocenters. The van der Waals surface area contributed by atoms with E-state index in [0.29, 0.717) is 12.1 Å². The molecule has 30 heavy (non-hydrogen) atoms. The number of nitrogens with zero attached hydrogens (tertiary/aromatic N) is 2. The molecule has 4 rings (SSSR count). The van der Waals surface area contributed by atoms with Gasteiger partial charge >= 0.3 is 0 Å². The smallest absolute Gasteiger partial charge is 0.254 e. The van der Waals surface area contributed by atoms with E-state index in [4.69, 9.17) is 0 Å². The summed E-state index contributed by atoms with van der Waals surface area (Å²) >= 11 is 0. The molecule has 4 heteroatoms. The maximum atomic E-state index is 13.6. The van der Waals surface area contributed by atoms with Crippen LogP contribution in [-0.2, 0) is 0 Å². The van der Waals surface area contributed by atoms with Crippen molar-refractivity contribution in [2.24, 2.45) is 0 Å². The normalized spacial score (nSPS) is 21.8. The number of hydrogen-bond donors (Lipinski definition) is 0. The lowest BCUT2D eigenvalue weighted by Gasteiger charge is -2.42. The third-order valence-corrected chi connectivity index (χ3v) is 7.44. The van der Waals surface area contributed by atoms with Crippen LogP contribution in [0.15, 0.2) is 24.3 Å². The summed E-state index contributed by atoms with van der Waals surface area (Å²) in [5, 5.41) is 0. The van der Waals surface area contributed by atoms with E-state index in [1.54, 1.807) is 0 Å². The molecule has 0 aromatic heterocycles. The third kappa shape index (κ3) is 5.07. The lowest BCUT2D eigenvalue weighted by Crippen LogP contribution is -2.48. The number of rotatable bonds is 4. The van der Waals surface area contributed by atoms with Crippen LogP contribution in [0.2, 0.25) is 0 Å². The Hall–Kier alpha value is -1.84. The lowest BCUT2D eigenvalue weighted by molar-refractivity contribution is 0.0448. The molecule has 1 heterocycles. The average molecular weight is 411 g/mol. The van der Waals surface area contributed by atoms with Gasteiger partial charge in [-0.1, -0.05) is 51.4 Å². The fourth-order valence-electron chi connectivity index (χ4n) is 5.71. The van der Waals surface area contributed by atoms with Crippen molar-refractivity contribution in [2.45, 2.75) is 102 Å². The molecule has 4 nitrogen and oxygen atoms in total. The molecular formula is C26H38N2O2. The first-order chi connectivity index (χ1) is 14.7. The molecule has 0 radical (unpaired) electrons.